The van der Waals surface area contributed by atoms with Crippen molar-refractivity contribution >= 4 is 22.4 Å². The molecular formula is C17H23N3OS. The van der Waals surface area contributed by atoms with Crippen LogP contribution in [0.1, 0.15) is 30.2 Å². The highest BCUT2D eigenvalue weighted by atomic mass is 32.1. The molecule has 5 heteroatoms. The standard InChI is InChI=1S/C17H23N3OS/c1-4-5-13-6-8-14(9-7-13)16-12(2)22-17(20-16)19-15(21)10-11-18-3/h6-9,18H,4-5,10-11H2,1-3H3,(H,19,20,21). The molecule has 1 amide bonds. The van der Waals surface area contributed by atoms with Crippen LogP contribution < -0.4 is 10.6 Å². The van der Waals surface area contributed by atoms with E-state index in [9.17, 15) is 4.79 Å². The van der Waals surface area contributed by atoms with Crippen molar-refractivity contribution in [2.45, 2.75) is 33.1 Å². The molecule has 0 fully saturated rings. The summed E-state index contributed by atoms with van der Waals surface area (Å²) in [6.45, 7) is 4.89. The van der Waals surface area contributed by atoms with Gasteiger partial charge in [0.25, 0.3) is 0 Å². The van der Waals surface area contributed by atoms with Gasteiger partial charge in [0.1, 0.15) is 0 Å². The number of thiazole rings is 1. The second-order valence-electron chi connectivity index (χ2n) is 5.27. The Labute approximate surface area is 136 Å². The molecule has 2 aromatic rings. The Hall–Kier alpha value is -1.72. The Morgan fingerprint density at radius 1 is 1.27 bits per heavy atom. The fourth-order valence-electron chi connectivity index (χ4n) is 2.26. The predicted molar refractivity (Wildman–Crippen MR) is 93.5 cm³/mol. The maximum atomic E-state index is 11.8. The summed E-state index contributed by atoms with van der Waals surface area (Å²) in [5, 5.41) is 6.50. The molecule has 1 heterocycles. The van der Waals surface area contributed by atoms with Gasteiger partial charge < -0.3 is 10.6 Å². The number of benzene rings is 1. The number of carbonyl (C=O) groups is 1. The van der Waals surface area contributed by atoms with Crippen molar-refractivity contribution in [1.82, 2.24) is 10.3 Å². The second-order valence-corrected chi connectivity index (χ2v) is 6.48. The fraction of sp³-hybridized carbons (Fsp3) is 0.412. The number of anilines is 1. The molecule has 4 nitrogen and oxygen atoms in total. The summed E-state index contributed by atoms with van der Waals surface area (Å²) in [5.41, 5.74) is 3.40. The quantitative estimate of drug-likeness (QED) is 0.820. The highest BCUT2D eigenvalue weighted by Gasteiger charge is 2.11. The van der Waals surface area contributed by atoms with Gasteiger partial charge in [-0.2, -0.15) is 0 Å². The molecule has 2 N–H and O–H groups in total. The zero-order valence-electron chi connectivity index (χ0n) is 13.4. The van der Waals surface area contributed by atoms with Crippen molar-refractivity contribution in [2.24, 2.45) is 0 Å². The first-order valence-electron chi connectivity index (χ1n) is 7.65. The Bertz CT molecular complexity index is 619. The van der Waals surface area contributed by atoms with Gasteiger partial charge in [0.05, 0.1) is 5.69 Å². The lowest BCUT2D eigenvalue weighted by Gasteiger charge is -2.02. The van der Waals surface area contributed by atoms with E-state index in [0.29, 0.717) is 18.1 Å². The molecule has 0 saturated carbocycles. The minimum absolute atomic E-state index is 0.00653. The minimum atomic E-state index is -0.00653. The number of aryl methyl sites for hydroxylation is 2. The Morgan fingerprint density at radius 2 is 2.00 bits per heavy atom. The molecule has 118 valence electrons. The third-order valence-electron chi connectivity index (χ3n) is 3.41. The molecule has 0 aliphatic heterocycles. The molecule has 0 atom stereocenters. The largest absolute Gasteiger partial charge is 0.319 e. The average Bonchev–Trinajstić information content (AvgIpc) is 2.87. The summed E-state index contributed by atoms with van der Waals surface area (Å²) in [7, 11) is 1.83. The SMILES string of the molecule is CCCc1ccc(-c2nc(NC(=O)CCNC)sc2C)cc1. The molecule has 1 aromatic carbocycles. The van der Waals surface area contributed by atoms with Crippen LogP contribution in [0.15, 0.2) is 24.3 Å². The van der Waals surface area contributed by atoms with E-state index < -0.39 is 0 Å². The monoisotopic (exact) mass is 317 g/mol. The first kappa shape index (κ1) is 16.6. The van der Waals surface area contributed by atoms with Gasteiger partial charge in [-0.05, 0) is 26.0 Å². The molecule has 0 unspecified atom stereocenters. The van der Waals surface area contributed by atoms with Crippen LogP contribution in [-0.2, 0) is 11.2 Å². The van der Waals surface area contributed by atoms with E-state index in [-0.39, 0.29) is 5.91 Å². The fourth-order valence-corrected chi connectivity index (χ4v) is 3.11. The van der Waals surface area contributed by atoms with Gasteiger partial charge in [0.15, 0.2) is 5.13 Å². The van der Waals surface area contributed by atoms with Gasteiger partial charge in [-0.3, -0.25) is 4.79 Å². The smallest absolute Gasteiger partial charge is 0.227 e. The number of hydrogen-bond donors (Lipinski definition) is 2. The van der Waals surface area contributed by atoms with Crippen LogP contribution in [0.4, 0.5) is 5.13 Å². The topological polar surface area (TPSA) is 54.0 Å². The number of carbonyl (C=O) groups excluding carboxylic acids is 1. The molecule has 0 spiro atoms. The van der Waals surface area contributed by atoms with E-state index in [2.05, 4.69) is 46.8 Å². The van der Waals surface area contributed by atoms with Gasteiger partial charge in [-0.15, -0.1) is 11.3 Å². The summed E-state index contributed by atoms with van der Waals surface area (Å²) in [6.07, 6.45) is 2.71. The molecule has 0 bridgehead atoms. The first-order valence-corrected chi connectivity index (χ1v) is 8.47. The molecule has 0 aliphatic rings. The van der Waals surface area contributed by atoms with Crippen LogP contribution in [0.25, 0.3) is 11.3 Å². The van der Waals surface area contributed by atoms with Crippen LogP contribution in [-0.4, -0.2) is 24.5 Å². The van der Waals surface area contributed by atoms with Crippen molar-refractivity contribution in [1.29, 1.82) is 0 Å². The summed E-state index contributed by atoms with van der Waals surface area (Å²) in [4.78, 5) is 17.4. The first-order chi connectivity index (χ1) is 10.6. The van der Waals surface area contributed by atoms with Crippen molar-refractivity contribution in [3.63, 3.8) is 0 Å². The zero-order valence-corrected chi connectivity index (χ0v) is 14.2. The molecular weight excluding hydrogens is 294 g/mol. The number of amides is 1. The zero-order chi connectivity index (χ0) is 15.9. The van der Waals surface area contributed by atoms with Crippen LogP contribution in [0, 0.1) is 6.92 Å². The maximum Gasteiger partial charge on any atom is 0.227 e. The number of nitrogens with zero attached hydrogens (tertiary/aromatic N) is 1. The van der Waals surface area contributed by atoms with Crippen molar-refractivity contribution in [3.05, 3.63) is 34.7 Å². The Kier molecular flexibility index (Phi) is 6.10. The van der Waals surface area contributed by atoms with Crippen molar-refractivity contribution in [2.75, 3.05) is 18.9 Å². The van der Waals surface area contributed by atoms with E-state index in [0.717, 1.165) is 29.0 Å². The van der Waals surface area contributed by atoms with Crippen LogP contribution in [0.3, 0.4) is 0 Å². The molecule has 0 saturated heterocycles. The number of aromatic nitrogens is 1. The molecule has 0 radical (unpaired) electrons. The summed E-state index contributed by atoms with van der Waals surface area (Å²) in [6, 6.07) is 8.53. The van der Waals surface area contributed by atoms with Gasteiger partial charge >= 0.3 is 0 Å². The highest BCUT2D eigenvalue weighted by molar-refractivity contribution is 7.16. The van der Waals surface area contributed by atoms with Crippen molar-refractivity contribution < 1.29 is 4.79 Å². The number of rotatable bonds is 7. The molecule has 1 aromatic heterocycles. The van der Waals surface area contributed by atoms with Crippen molar-refractivity contribution in [3.8, 4) is 11.3 Å². The lowest BCUT2D eigenvalue weighted by Crippen LogP contribution is -2.18. The number of hydrogen-bond acceptors (Lipinski definition) is 4. The van der Waals surface area contributed by atoms with Crippen LogP contribution >= 0.6 is 11.3 Å². The van der Waals surface area contributed by atoms with Crippen LogP contribution in [0.2, 0.25) is 0 Å². The van der Waals surface area contributed by atoms with E-state index in [1.807, 2.05) is 14.0 Å². The number of nitrogens with one attached hydrogen (secondary N) is 2. The van der Waals surface area contributed by atoms with Gasteiger partial charge in [0.2, 0.25) is 5.91 Å². The minimum Gasteiger partial charge on any atom is -0.319 e. The molecule has 0 aliphatic carbocycles. The Balaban J connectivity index is 2.10. The third kappa shape index (κ3) is 4.39. The summed E-state index contributed by atoms with van der Waals surface area (Å²) < 4.78 is 0. The van der Waals surface area contributed by atoms with E-state index in [1.165, 1.54) is 16.9 Å². The van der Waals surface area contributed by atoms with E-state index in [4.69, 9.17) is 0 Å². The molecule has 2 rings (SSSR count). The highest BCUT2D eigenvalue weighted by Crippen LogP contribution is 2.30. The lowest BCUT2D eigenvalue weighted by atomic mass is 10.1. The van der Waals surface area contributed by atoms with Gasteiger partial charge in [0, 0.05) is 23.4 Å². The summed E-state index contributed by atoms with van der Waals surface area (Å²) in [5.74, 6) is -0.00653. The normalized spacial score (nSPS) is 10.7. The maximum absolute atomic E-state index is 11.8. The lowest BCUT2D eigenvalue weighted by molar-refractivity contribution is -0.116. The van der Waals surface area contributed by atoms with Crippen LogP contribution in [0.5, 0.6) is 0 Å². The average molecular weight is 317 g/mol. The van der Waals surface area contributed by atoms with Gasteiger partial charge in [-0.1, -0.05) is 37.6 Å². The predicted octanol–water partition coefficient (Wildman–Crippen LogP) is 3.62. The van der Waals surface area contributed by atoms with Gasteiger partial charge in [-0.25, -0.2) is 4.98 Å². The summed E-state index contributed by atoms with van der Waals surface area (Å²) >= 11 is 1.52. The van der Waals surface area contributed by atoms with E-state index in [1.54, 1.807) is 0 Å². The third-order valence-corrected chi connectivity index (χ3v) is 4.30. The van der Waals surface area contributed by atoms with E-state index >= 15 is 0 Å². The Morgan fingerprint density at radius 3 is 2.64 bits per heavy atom. The second kappa shape index (κ2) is 8.06. The molecule has 22 heavy (non-hydrogen) atoms.